The van der Waals surface area contributed by atoms with E-state index in [9.17, 15) is 35.1 Å². The van der Waals surface area contributed by atoms with Gasteiger partial charge in [0.05, 0.1) is 25.4 Å². The minimum atomic E-state index is -1.62. The zero-order valence-corrected chi connectivity index (χ0v) is 53.3. The summed E-state index contributed by atoms with van der Waals surface area (Å²) < 4.78 is 17.7. The van der Waals surface area contributed by atoms with Crippen LogP contribution in [0.4, 0.5) is 0 Å². The lowest BCUT2D eigenvalue weighted by molar-refractivity contribution is -0.305. The first-order valence-electron chi connectivity index (χ1n) is 34.4. The first kappa shape index (κ1) is 77.9. The molecule has 1 aliphatic rings. The topological polar surface area (TPSA) is 175 Å². The third-order valence-electron chi connectivity index (χ3n) is 15.8. The van der Waals surface area contributed by atoms with Crippen molar-refractivity contribution in [3.8, 4) is 0 Å². The number of carbonyl (C=O) groups is 2. The predicted molar refractivity (Wildman–Crippen MR) is 347 cm³/mol. The minimum Gasteiger partial charge on any atom is -0.454 e. The Hall–Kier alpha value is -3.16. The van der Waals surface area contributed by atoms with Gasteiger partial charge in [-0.1, -0.05) is 298 Å². The summed E-state index contributed by atoms with van der Waals surface area (Å²) in [6, 6.07) is -1.04. The molecule has 0 aromatic rings. The smallest absolute Gasteiger partial charge is 0.306 e. The van der Waals surface area contributed by atoms with Gasteiger partial charge in [-0.15, -0.1) is 0 Å². The summed E-state index contributed by atoms with van der Waals surface area (Å²) >= 11 is 0. The molecule has 1 heterocycles. The molecule has 480 valence electrons. The summed E-state index contributed by atoms with van der Waals surface area (Å²) in [5.74, 6) is -1.22. The summed E-state index contributed by atoms with van der Waals surface area (Å²) in [7, 11) is 0. The lowest BCUT2D eigenvalue weighted by Crippen LogP contribution is -2.61. The third kappa shape index (κ3) is 46.7. The predicted octanol–water partition coefficient (Wildman–Crippen LogP) is 17.3. The van der Waals surface area contributed by atoms with E-state index >= 15 is 0 Å². The molecule has 8 atom stereocenters. The summed E-state index contributed by atoms with van der Waals surface area (Å²) in [5.41, 5.74) is 0. The van der Waals surface area contributed by atoms with Gasteiger partial charge in [0.15, 0.2) is 12.4 Å². The fourth-order valence-corrected chi connectivity index (χ4v) is 10.4. The molecule has 11 heteroatoms. The van der Waals surface area contributed by atoms with Crippen LogP contribution in [-0.4, -0.2) is 99.6 Å². The third-order valence-corrected chi connectivity index (χ3v) is 15.8. The molecule has 0 saturated carbocycles. The van der Waals surface area contributed by atoms with Gasteiger partial charge in [-0.05, 0) is 77.0 Å². The van der Waals surface area contributed by atoms with Gasteiger partial charge in [0.25, 0.3) is 0 Å². The van der Waals surface area contributed by atoms with Crippen LogP contribution < -0.4 is 5.32 Å². The van der Waals surface area contributed by atoms with Gasteiger partial charge in [0.2, 0.25) is 5.91 Å². The Morgan fingerprint density at radius 1 is 0.482 bits per heavy atom. The first-order valence-corrected chi connectivity index (χ1v) is 34.4. The van der Waals surface area contributed by atoms with Crippen LogP contribution in [0.3, 0.4) is 0 Å². The number of rotatable bonds is 58. The van der Waals surface area contributed by atoms with E-state index in [1.165, 1.54) is 148 Å². The van der Waals surface area contributed by atoms with Crippen LogP contribution in [0.1, 0.15) is 297 Å². The maximum atomic E-state index is 13.4. The van der Waals surface area contributed by atoms with E-state index < -0.39 is 67.4 Å². The van der Waals surface area contributed by atoms with Crippen molar-refractivity contribution < 1.29 is 49.3 Å². The molecule has 8 unspecified atom stereocenters. The zero-order chi connectivity index (χ0) is 60.3. The summed E-state index contributed by atoms with van der Waals surface area (Å²) in [6.45, 7) is 5.68. The standard InChI is InChI=1S/C72H127NO10/c1-4-7-10-13-16-19-22-24-26-28-30-32-34-35-37-39-41-44-47-50-53-56-59-65(76)71(80)73-63(64(75)58-55-52-49-46-43-21-18-15-12-9-6-3)62-81-72-70(69(79)68(78)66(61-74)82-72)83-67(77)60-57-54-51-48-45-42-40-38-36-33-31-29-27-25-23-20-17-14-11-8-5-2/h7,10,16,19,24,26,30,32,35,37,41,44,55,58,63-66,68-70,72,74-76,78-79H,4-6,8-9,11-15,17-18,20-23,25,27-29,31,33-34,36,38-40,42-43,45-54,56-57,59-62H2,1-3H3,(H,73,80)/b10-7-,19-16-,26-24-,32-30-,37-35-,44-41-,58-55+. The highest BCUT2D eigenvalue weighted by Gasteiger charge is 2.47. The number of esters is 1. The minimum absolute atomic E-state index is 0.121. The number of hydrogen-bond acceptors (Lipinski definition) is 10. The second kappa shape index (κ2) is 59.2. The number of nitrogens with one attached hydrogen (secondary N) is 1. The molecule has 0 aromatic carbocycles. The quantitative estimate of drug-likeness (QED) is 0.0195. The van der Waals surface area contributed by atoms with Crippen LogP contribution in [0.5, 0.6) is 0 Å². The monoisotopic (exact) mass is 1170 g/mol. The van der Waals surface area contributed by atoms with Crippen molar-refractivity contribution in [3.05, 3.63) is 85.1 Å². The fraction of sp³-hybridized carbons (Fsp3) is 0.778. The highest BCUT2D eigenvalue weighted by molar-refractivity contribution is 5.80. The number of aliphatic hydroxyl groups excluding tert-OH is 5. The van der Waals surface area contributed by atoms with Gasteiger partial charge >= 0.3 is 5.97 Å². The molecule has 0 aromatic heterocycles. The van der Waals surface area contributed by atoms with Gasteiger partial charge in [-0.25, -0.2) is 0 Å². The van der Waals surface area contributed by atoms with Crippen LogP contribution >= 0.6 is 0 Å². The van der Waals surface area contributed by atoms with Crippen molar-refractivity contribution >= 4 is 11.9 Å². The Bertz CT molecular complexity index is 1670. The Balaban J connectivity index is 2.61. The van der Waals surface area contributed by atoms with E-state index in [1.807, 2.05) is 6.08 Å². The molecule has 1 aliphatic heterocycles. The molecule has 1 amide bonds. The number of amides is 1. The van der Waals surface area contributed by atoms with Crippen molar-refractivity contribution in [2.45, 2.75) is 346 Å². The van der Waals surface area contributed by atoms with Crippen LogP contribution in [-0.2, 0) is 23.8 Å². The van der Waals surface area contributed by atoms with E-state index in [1.54, 1.807) is 6.08 Å². The highest BCUT2D eigenvalue weighted by atomic mass is 16.7. The number of carbonyl (C=O) groups excluding carboxylic acids is 2. The molecular formula is C72H127NO10. The summed E-state index contributed by atoms with van der Waals surface area (Å²) in [5, 5.41) is 57.1. The molecule has 0 bridgehead atoms. The molecule has 1 fully saturated rings. The van der Waals surface area contributed by atoms with E-state index in [0.29, 0.717) is 12.8 Å². The molecule has 83 heavy (non-hydrogen) atoms. The van der Waals surface area contributed by atoms with Crippen molar-refractivity contribution in [1.82, 2.24) is 5.32 Å². The van der Waals surface area contributed by atoms with Gasteiger partial charge < -0.3 is 45.1 Å². The number of aliphatic hydroxyl groups is 5. The van der Waals surface area contributed by atoms with E-state index in [-0.39, 0.29) is 19.4 Å². The Kier molecular flexibility index (Phi) is 55.5. The van der Waals surface area contributed by atoms with Crippen molar-refractivity contribution in [3.63, 3.8) is 0 Å². The second-order valence-electron chi connectivity index (χ2n) is 23.5. The van der Waals surface area contributed by atoms with Gasteiger partial charge in [0.1, 0.15) is 24.4 Å². The van der Waals surface area contributed by atoms with E-state index in [0.717, 1.165) is 103 Å². The van der Waals surface area contributed by atoms with Crippen LogP contribution in [0.2, 0.25) is 0 Å². The summed E-state index contributed by atoms with van der Waals surface area (Å²) in [6.07, 6.45) is 67.7. The zero-order valence-electron chi connectivity index (χ0n) is 53.3. The fourth-order valence-electron chi connectivity index (χ4n) is 10.4. The molecule has 1 rings (SSSR count). The van der Waals surface area contributed by atoms with Crippen LogP contribution in [0.15, 0.2) is 85.1 Å². The van der Waals surface area contributed by atoms with Gasteiger partial charge in [0, 0.05) is 6.42 Å². The highest BCUT2D eigenvalue weighted by Crippen LogP contribution is 2.26. The SMILES string of the molecule is CC/C=C\C/C=C\C/C=C\C/C=C\C/C=C\C/C=C\CCCCCC(O)C(=O)NC(COC1OC(CO)C(O)C(O)C1OC(=O)CCCCCCCCCCCCCCCCCCCCCCC)C(O)/C=C/CCCCCCCCCCC. The Labute approximate surface area is 508 Å². The van der Waals surface area contributed by atoms with Gasteiger partial charge in [-0.3, -0.25) is 9.59 Å². The lowest BCUT2D eigenvalue weighted by atomic mass is 9.99. The number of allylic oxidation sites excluding steroid dienone is 13. The molecule has 0 radical (unpaired) electrons. The molecule has 6 N–H and O–H groups in total. The van der Waals surface area contributed by atoms with Crippen molar-refractivity contribution in [2.24, 2.45) is 0 Å². The maximum absolute atomic E-state index is 13.4. The van der Waals surface area contributed by atoms with Gasteiger partial charge in [-0.2, -0.15) is 0 Å². The average molecular weight is 1170 g/mol. The summed E-state index contributed by atoms with van der Waals surface area (Å²) in [4.78, 5) is 26.6. The lowest BCUT2D eigenvalue weighted by Gasteiger charge is -2.41. The van der Waals surface area contributed by atoms with Crippen LogP contribution in [0.25, 0.3) is 0 Å². The molecule has 0 spiro atoms. The Morgan fingerprint density at radius 2 is 0.867 bits per heavy atom. The number of unbranched alkanes of at least 4 members (excludes halogenated alkanes) is 32. The number of hydrogen-bond donors (Lipinski definition) is 6. The number of ether oxygens (including phenoxy) is 3. The molecular weight excluding hydrogens is 1040 g/mol. The molecule has 1 saturated heterocycles. The average Bonchev–Trinajstić information content (AvgIpc) is 3.52. The second-order valence-corrected chi connectivity index (χ2v) is 23.5. The molecule has 0 aliphatic carbocycles. The van der Waals surface area contributed by atoms with E-state index in [2.05, 4.69) is 99.0 Å². The Morgan fingerprint density at radius 3 is 1.30 bits per heavy atom. The normalized spacial score (nSPS) is 19.1. The maximum Gasteiger partial charge on any atom is 0.306 e. The van der Waals surface area contributed by atoms with E-state index in [4.69, 9.17) is 14.2 Å². The molecule has 11 nitrogen and oxygen atoms in total. The van der Waals surface area contributed by atoms with Crippen molar-refractivity contribution in [1.29, 1.82) is 0 Å². The first-order chi connectivity index (χ1) is 40.7. The van der Waals surface area contributed by atoms with Crippen molar-refractivity contribution in [2.75, 3.05) is 13.2 Å². The largest absolute Gasteiger partial charge is 0.454 e. The van der Waals surface area contributed by atoms with Crippen LogP contribution in [0, 0.1) is 0 Å².